The summed E-state index contributed by atoms with van der Waals surface area (Å²) in [5.74, 6) is 1.27. The Labute approximate surface area is 125 Å². The lowest BCUT2D eigenvalue weighted by Gasteiger charge is -2.20. The second kappa shape index (κ2) is 9.00. The number of aliphatic hydroxyl groups excluding tert-OH is 1. The topological polar surface area (TPSA) is 49.8 Å². The Balaban J connectivity index is 2.26. The van der Waals surface area contributed by atoms with Gasteiger partial charge in [0.1, 0.15) is 0 Å². The van der Waals surface area contributed by atoms with Crippen molar-refractivity contribution in [2.75, 3.05) is 33.1 Å². The quantitative estimate of drug-likeness (QED) is 0.793. The van der Waals surface area contributed by atoms with Crippen LogP contribution in [0.1, 0.15) is 11.1 Å². The number of benzene rings is 1. The molecule has 0 aliphatic rings. The first-order chi connectivity index (χ1) is 9.52. The molecule has 0 fully saturated rings. The molecule has 1 unspecified atom stereocenters. The Hall–Kier alpha value is -1.04. The number of methoxy groups -OCH3 is 1. The molecule has 0 aliphatic carbocycles. The summed E-state index contributed by atoms with van der Waals surface area (Å²) in [7, 11) is 3.23. The number of aliphatic hydroxyl groups is 1. The van der Waals surface area contributed by atoms with E-state index in [1.54, 1.807) is 23.7 Å². The number of amides is 1. The first-order valence-electron chi connectivity index (χ1n) is 6.57. The fourth-order valence-corrected chi connectivity index (χ4v) is 2.64. The molecule has 0 saturated carbocycles. The van der Waals surface area contributed by atoms with E-state index in [-0.39, 0.29) is 12.5 Å². The van der Waals surface area contributed by atoms with Gasteiger partial charge in [0.05, 0.1) is 18.5 Å². The molecule has 1 atom stereocenters. The van der Waals surface area contributed by atoms with Crippen LogP contribution in [0.15, 0.2) is 24.3 Å². The van der Waals surface area contributed by atoms with Crippen molar-refractivity contribution in [1.29, 1.82) is 0 Å². The Bertz CT molecular complexity index is 408. The summed E-state index contributed by atoms with van der Waals surface area (Å²) in [5.41, 5.74) is 2.46. The first-order valence-corrected chi connectivity index (χ1v) is 7.72. The van der Waals surface area contributed by atoms with Gasteiger partial charge >= 0.3 is 0 Å². The standard InChI is InChI=1S/C15H23NO3S/c1-12-4-6-13(7-5-12)10-20-11-15(18)16(2)8-14(17)9-19-3/h4-7,14,17H,8-11H2,1-3H3. The lowest BCUT2D eigenvalue weighted by atomic mass is 10.2. The van der Waals surface area contributed by atoms with Crippen molar-refractivity contribution in [2.45, 2.75) is 18.8 Å². The van der Waals surface area contributed by atoms with Gasteiger partial charge < -0.3 is 14.7 Å². The van der Waals surface area contributed by atoms with Crippen LogP contribution >= 0.6 is 11.8 Å². The van der Waals surface area contributed by atoms with Gasteiger partial charge in [0.2, 0.25) is 5.91 Å². The maximum atomic E-state index is 11.9. The maximum absolute atomic E-state index is 11.9. The largest absolute Gasteiger partial charge is 0.389 e. The van der Waals surface area contributed by atoms with E-state index >= 15 is 0 Å². The lowest BCUT2D eigenvalue weighted by Crippen LogP contribution is -2.37. The first kappa shape index (κ1) is 17.0. The fourth-order valence-electron chi connectivity index (χ4n) is 1.71. The highest BCUT2D eigenvalue weighted by atomic mass is 32.2. The van der Waals surface area contributed by atoms with Crippen LogP contribution in [0.4, 0.5) is 0 Å². The summed E-state index contributed by atoms with van der Waals surface area (Å²) in [6, 6.07) is 8.31. The fraction of sp³-hybridized carbons (Fsp3) is 0.533. The minimum absolute atomic E-state index is 0.0252. The van der Waals surface area contributed by atoms with Crippen LogP contribution in [0, 0.1) is 6.92 Å². The molecule has 1 rings (SSSR count). The van der Waals surface area contributed by atoms with Gasteiger partial charge in [0.15, 0.2) is 0 Å². The average molecular weight is 297 g/mol. The Morgan fingerprint density at radius 3 is 2.65 bits per heavy atom. The van der Waals surface area contributed by atoms with Crippen LogP contribution in [0.5, 0.6) is 0 Å². The van der Waals surface area contributed by atoms with Crippen molar-refractivity contribution in [3.05, 3.63) is 35.4 Å². The Morgan fingerprint density at radius 2 is 2.05 bits per heavy atom. The summed E-state index contributed by atoms with van der Waals surface area (Å²) in [4.78, 5) is 13.4. The molecule has 1 aromatic rings. The second-order valence-electron chi connectivity index (χ2n) is 4.86. The zero-order valence-electron chi connectivity index (χ0n) is 12.3. The van der Waals surface area contributed by atoms with E-state index in [9.17, 15) is 9.90 Å². The van der Waals surface area contributed by atoms with Gasteiger partial charge in [-0.25, -0.2) is 0 Å². The number of rotatable bonds is 8. The predicted octanol–water partition coefficient (Wildman–Crippen LogP) is 1.69. The summed E-state index contributed by atoms with van der Waals surface area (Å²) in [6.45, 7) is 2.60. The number of hydrogen-bond donors (Lipinski definition) is 1. The third-order valence-corrected chi connectivity index (χ3v) is 3.87. The van der Waals surface area contributed by atoms with Gasteiger partial charge in [0.25, 0.3) is 0 Å². The third kappa shape index (κ3) is 6.41. The summed E-state index contributed by atoms with van der Waals surface area (Å²) in [5, 5.41) is 9.57. The van der Waals surface area contributed by atoms with Gasteiger partial charge in [-0.2, -0.15) is 0 Å². The van der Waals surface area contributed by atoms with Crippen molar-refractivity contribution >= 4 is 17.7 Å². The van der Waals surface area contributed by atoms with Crippen LogP contribution in [0.2, 0.25) is 0 Å². The molecule has 112 valence electrons. The van der Waals surface area contributed by atoms with E-state index in [1.807, 2.05) is 0 Å². The third-order valence-electron chi connectivity index (χ3n) is 2.88. The smallest absolute Gasteiger partial charge is 0.232 e. The van der Waals surface area contributed by atoms with Crippen LogP contribution in [-0.2, 0) is 15.3 Å². The molecular weight excluding hydrogens is 274 g/mol. The van der Waals surface area contributed by atoms with Crippen molar-refractivity contribution < 1.29 is 14.6 Å². The second-order valence-corrected chi connectivity index (χ2v) is 5.85. The molecule has 0 aliphatic heterocycles. The summed E-state index contributed by atoms with van der Waals surface area (Å²) >= 11 is 1.58. The van der Waals surface area contributed by atoms with Crippen molar-refractivity contribution in [2.24, 2.45) is 0 Å². The molecule has 0 radical (unpaired) electrons. The molecule has 0 bridgehead atoms. The van der Waals surface area contributed by atoms with Gasteiger partial charge in [-0.1, -0.05) is 29.8 Å². The number of aryl methyl sites for hydroxylation is 1. The molecule has 0 heterocycles. The van der Waals surface area contributed by atoms with Crippen LogP contribution in [-0.4, -0.2) is 55.1 Å². The highest BCUT2D eigenvalue weighted by molar-refractivity contribution is 7.99. The lowest BCUT2D eigenvalue weighted by molar-refractivity contribution is -0.128. The Kier molecular flexibility index (Phi) is 7.65. The molecule has 0 spiro atoms. The van der Waals surface area contributed by atoms with Crippen LogP contribution in [0.25, 0.3) is 0 Å². The van der Waals surface area contributed by atoms with E-state index in [0.29, 0.717) is 12.3 Å². The molecule has 4 nitrogen and oxygen atoms in total. The van der Waals surface area contributed by atoms with Crippen molar-refractivity contribution in [3.8, 4) is 0 Å². The monoisotopic (exact) mass is 297 g/mol. The summed E-state index contributed by atoms with van der Waals surface area (Å²) < 4.78 is 4.84. The molecular formula is C15H23NO3S. The van der Waals surface area contributed by atoms with Crippen molar-refractivity contribution in [3.63, 3.8) is 0 Å². The number of ether oxygens (including phenoxy) is 1. The Morgan fingerprint density at radius 1 is 1.40 bits per heavy atom. The molecule has 5 heteroatoms. The SMILES string of the molecule is COCC(O)CN(C)C(=O)CSCc1ccc(C)cc1. The van der Waals surface area contributed by atoms with E-state index in [4.69, 9.17) is 4.74 Å². The summed E-state index contributed by atoms with van der Waals surface area (Å²) in [6.07, 6.45) is -0.629. The van der Waals surface area contributed by atoms with E-state index in [2.05, 4.69) is 31.2 Å². The van der Waals surface area contributed by atoms with E-state index < -0.39 is 6.10 Å². The number of carbonyl (C=O) groups excluding carboxylic acids is 1. The number of nitrogens with zero attached hydrogens (tertiary/aromatic N) is 1. The number of hydrogen-bond acceptors (Lipinski definition) is 4. The molecule has 1 N–H and O–H groups in total. The van der Waals surface area contributed by atoms with Crippen LogP contribution in [0.3, 0.4) is 0 Å². The number of thioether (sulfide) groups is 1. The molecule has 0 aromatic heterocycles. The number of carbonyl (C=O) groups is 1. The van der Waals surface area contributed by atoms with Crippen LogP contribution < -0.4 is 0 Å². The van der Waals surface area contributed by atoms with Gasteiger partial charge in [0, 0.05) is 26.5 Å². The predicted molar refractivity (Wildman–Crippen MR) is 82.9 cm³/mol. The van der Waals surface area contributed by atoms with Gasteiger partial charge in [-0.3, -0.25) is 4.79 Å². The molecule has 1 aromatic carbocycles. The normalized spacial score (nSPS) is 12.2. The minimum atomic E-state index is -0.629. The van der Waals surface area contributed by atoms with E-state index in [0.717, 1.165) is 5.75 Å². The molecule has 20 heavy (non-hydrogen) atoms. The number of likely N-dealkylation sites (N-methyl/N-ethyl adjacent to an activating group) is 1. The zero-order chi connectivity index (χ0) is 15.0. The zero-order valence-corrected chi connectivity index (χ0v) is 13.2. The minimum Gasteiger partial charge on any atom is -0.389 e. The van der Waals surface area contributed by atoms with Gasteiger partial charge in [-0.15, -0.1) is 11.8 Å². The molecule has 1 amide bonds. The highest BCUT2D eigenvalue weighted by Gasteiger charge is 2.13. The van der Waals surface area contributed by atoms with Crippen molar-refractivity contribution in [1.82, 2.24) is 4.90 Å². The molecule has 0 saturated heterocycles. The van der Waals surface area contributed by atoms with E-state index in [1.165, 1.54) is 18.2 Å². The maximum Gasteiger partial charge on any atom is 0.232 e. The average Bonchev–Trinajstić information content (AvgIpc) is 2.41. The van der Waals surface area contributed by atoms with Gasteiger partial charge in [-0.05, 0) is 12.5 Å². The highest BCUT2D eigenvalue weighted by Crippen LogP contribution is 2.13.